The molecule has 4 nitrogen and oxygen atoms in total. The second-order valence-corrected chi connectivity index (χ2v) is 5.08. The fourth-order valence-electron chi connectivity index (χ4n) is 1.40. The maximum Gasteiger partial charge on any atom is 0.211 e. The predicted octanol–water partition coefficient (Wildman–Crippen LogP) is 2.11. The summed E-state index contributed by atoms with van der Waals surface area (Å²) in [4.78, 5) is 0. The van der Waals surface area contributed by atoms with Gasteiger partial charge in [-0.2, -0.15) is 0 Å². The van der Waals surface area contributed by atoms with Gasteiger partial charge in [0.15, 0.2) is 0 Å². The molecule has 1 aliphatic rings. The van der Waals surface area contributed by atoms with Gasteiger partial charge in [0, 0.05) is 20.2 Å². The molecule has 0 saturated carbocycles. The molecular formula is C11H27NO3S. The van der Waals surface area contributed by atoms with Gasteiger partial charge >= 0.3 is 0 Å². The Morgan fingerprint density at radius 1 is 1.06 bits per heavy atom. The van der Waals surface area contributed by atoms with E-state index < -0.39 is 10.0 Å². The second kappa shape index (κ2) is 10.1. The zero-order chi connectivity index (χ0) is 13.2. The van der Waals surface area contributed by atoms with Gasteiger partial charge in [0.05, 0.1) is 12.4 Å². The maximum atomic E-state index is 11.1. The van der Waals surface area contributed by atoms with Gasteiger partial charge in [-0.25, -0.2) is 12.7 Å². The third-order valence-corrected chi connectivity index (χ3v) is 3.51. The molecule has 5 heteroatoms. The summed E-state index contributed by atoms with van der Waals surface area (Å²) in [6.45, 7) is 9.19. The molecule has 100 valence electrons. The fraction of sp³-hybridized carbons (Fsp3) is 1.00. The lowest BCUT2D eigenvalue weighted by molar-refractivity contribution is 0.0606. The summed E-state index contributed by atoms with van der Waals surface area (Å²) in [6, 6.07) is 0. The number of hydrogen-bond acceptors (Lipinski definition) is 3. The first kappa shape index (κ1) is 18.2. The number of methoxy groups -OCH3 is 1. The van der Waals surface area contributed by atoms with Gasteiger partial charge in [-0.05, 0) is 12.8 Å². The minimum absolute atomic E-state index is 0.239. The first-order valence-corrected chi connectivity index (χ1v) is 7.87. The van der Waals surface area contributed by atoms with Crippen molar-refractivity contribution in [3.05, 3.63) is 0 Å². The molecule has 0 radical (unpaired) electrons. The minimum Gasteiger partial charge on any atom is -0.381 e. The lowest BCUT2D eigenvalue weighted by Crippen LogP contribution is -2.39. The van der Waals surface area contributed by atoms with Crippen molar-refractivity contribution in [2.24, 2.45) is 0 Å². The van der Waals surface area contributed by atoms with Crippen LogP contribution in [-0.4, -0.2) is 45.3 Å². The number of ether oxygens (including phenoxy) is 1. The van der Waals surface area contributed by atoms with E-state index in [-0.39, 0.29) is 6.10 Å². The molecule has 1 fully saturated rings. The number of piperidine rings is 1. The van der Waals surface area contributed by atoms with Gasteiger partial charge in [-0.15, -0.1) is 0 Å². The van der Waals surface area contributed by atoms with E-state index in [1.165, 1.54) is 10.6 Å². The number of rotatable bonds is 2. The molecule has 0 aromatic carbocycles. The summed E-state index contributed by atoms with van der Waals surface area (Å²) in [7, 11) is -1.31. The highest BCUT2D eigenvalue weighted by atomic mass is 32.2. The average Bonchev–Trinajstić information content (AvgIpc) is 2.33. The largest absolute Gasteiger partial charge is 0.381 e. The van der Waals surface area contributed by atoms with Crippen molar-refractivity contribution in [2.45, 2.75) is 46.6 Å². The highest BCUT2D eigenvalue weighted by Gasteiger charge is 2.24. The first-order valence-electron chi connectivity index (χ1n) is 6.02. The molecule has 0 aliphatic carbocycles. The standard InChI is InChI=1S/C7H15NO3S.2C2H6/c1-11-7-3-5-8(6-4-7)12(2,9)10;2*1-2/h7H,3-6H2,1-2H3;2*1-2H3. The van der Waals surface area contributed by atoms with Crippen molar-refractivity contribution in [1.29, 1.82) is 0 Å². The highest BCUT2D eigenvalue weighted by molar-refractivity contribution is 7.88. The summed E-state index contributed by atoms with van der Waals surface area (Å²) in [5.41, 5.74) is 0. The molecule has 0 unspecified atom stereocenters. The molecule has 0 bridgehead atoms. The lowest BCUT2D eigenvalue weighted by Gasteiger charge is -2.29. The molecule has 0 spiro atoms. The van der Waals surface area contributed by atoms with Crippen LogP contribution >= 0.6 is 0 Å². The van der Waals surface area contributed by atoms with Crippen molar-refractivity contribution in [2.75, 3.05) is 26.5 Å². The first-order chi connectivity index (χ1) is 7.54. The smallest absolute Gasteiger partial charge is 0.211 e. The van der Waals surface area contributed by atoms with Gasteiger partial charge in [0.1, 0.15) is 0 Å². The van der Waals surface area contributed by atoms with E-state index in [0.717, 1.165) is 12.8 Å². The molecule has 0 aromatic rings. The molecule has 0 N–H and O–H groups in total. The molecule has 0 aromatic heterocycles. The number of sulfonamides is 1. The zero-order valence-electron chi connectivity index (χ0n) is 11.5. The van der Waals surface area contributed by atoms with Crippen LogP contribution in [0.3, 0.4) is 0 Å². The number of hydrogen-bond donors (Lipinski definition) is 0. The summed E-state index contributed by atoms with van der Waals surface area (Å²) in [6.07, 6.45) is 3.11. The van der Waals surface area contributed by atoms with Gasteiger partial charge in [-0.1, -0.05) is 27.7 Å². The van der Waals surface area contributed by atoms with Crippen LogP contribution in [0.5, 0.6) is 0 Å². The van der Waals surface area contributed by atoms with Gasteiger partial charge in [0.25, 0.3) is 0 Å². The Morgan fingerprint density at radius 3 is 1.69 bits per heavy atom. The average molecular weight is 253 g/mol. The maximum absolute atomic E-state index is 11.1. The van der Waals surface area contributed by atoms with E-state index in [1.54, 1.807) is 7.11 Å². The van der Waals surface area contributed by atoms with E-state index in [4.69, 9.17) is 4.74 Å². The Hall–Kier alpha value is -0.130. The quantitative estimate of drug-likeness (QED) is 0.757. The Balaban J connectivity index is 0. The van der Waals surface area contributed by atoms with Gasteiger partial charge in [-0.3, -0.25) is 0 Å². The third kappa shape index (κ3) is 7.19. The Kier molecular flexibility index (Phi) is 11.5. The zero-order valence-corrected chi connectivity index (χ0v) is 12.3. The van der Waals surface area contributed by atoms with Crippen LogP contribution < -0.4 is 0 Å². The summed E-state index contributed by atoms with van der Waals surface area (Å²) < 4.78 is 28.8. The van der Waals surface area contributed by atoms with E-state index in [9.17, 15) is 8.42 Å². The molecular weight excluding hydrogens is 226 g/mol. The summed E-state index contributed by atoms with van der Waals surface area (Å²) >= 11 is 0. The van der Waals surface area contributed by atoms with Gasteiger partial charge < -0.3 is 4.74 Å². The van der Waals surface area contributed by atoms with Crippen LogP contribution in [0.4, 0.5) is 0 Å². The van der Waals surface area contributed by atoms with Crippen LogP contribution in [0.1, 0.15) is 40.5 Å². The minimum atomic E-state index is -2.98. The summed E-state index contributed by atoms with van der Waals surface area (Å²) in [5.74, 6) is 0. The van der Waals surface area contributed by atoms with Crippen molar-refractivity contribution in [3.63, 3.8) is 0 Å². The Morgan fingerprint density at radius 2 is 1.44 bits per heavy atom. The Bertz CT molecular complexity index is 232. The molecule has 1 saturated heterocycles. The monoisotopic (exact) mass is 253 g/mol. The van der Waals surface area contributed by atoms with Crippen LogP contribution in [0.15, 0.2) is 0 Å². The van der Waals surface area contributed by atoms with Crippen LogP contribution in [0.25, 0.3) is 0 Å². The van der Waals surface area contributed by atoms with Gasteiger partial charge in [0.2, 0.25) is 10.0 Å². The van der Waals surface area contributed by atoms with Crippen LogP contribution in [0.2, 0.25) is 0 Å². The van der Waals surface area contributed by atoms with Crippen LogP contribution in [0, 0.1) is 0 Å². The van der Waals surface area contributed by atoms with Crippen molar-refractivity contribution in [1.82, 2.24) is 4.31 Å². The highest BCUT2D eigenvalue weighted by Crippen LogP contribution is 2.14. The Labute approximate surface area is 101 Å². The van der Waals surface area contributed by atoms with Crippen molar-refractivity contribution < 1.29 is 13.2 Å². The molecule has 1 heterocycles. The molecule has 0 atom stereocenters. The van der Waals surface area contributed by atoms with E-state index in [0.29, 0.717) is 13.1 Å². The number of nitrogens with zero attached hydrogens (tertiary/aromatic N) is 1. The molecule has 16 heavy (non-hydrogen) atoms. The van der Waals surface area contributed by atoms with E-state index in [2.05, 4.69) is 0 Å². The topological polar surface area (TPSA) is 46.6 Å². The normalized spacial score (nSPS) is 17.9. The van der Waals surface area contributed by atoms with E-state index >= 15 is 0 Å². The SMILES string of the molecule is CC.CC.COC1CCN(S(C)(=O)=O)CC1. The molecule has 0 amide bonds. The molecule has 1 aliphatic heterocycles. The lowest BCUT2D eigenvalue weighted by atomic mass is 10.1. The van der Waals surface area contributed by atoms with Crippen molar-refractivity contribution in [3.8, 4) is 0 Å². The second-order valence-electron chi connectivity index (χ2n) is 3.10. The van der Waals surface area contributed by atoms with E-state index in [1.807, 2.05) is 27.7 Å². The third-order valence-electron chi connectivity index (χ3n) is 2.20. The predicted molar refractivity (Wildman–Crippen MR) is 69.1 cm³/mol. The van der Waals surface area contributed by atoms with Crippen molar-refractivity contribution >= 4 is 10.0 Å². The van der Waals surface area contributed by atoms with Crippen LogP contribution in [-0.2, 0) is 14.8 Å². The fourth-order valence-corrected chi connectivity index (χ4v) is 2.27. The summed E-state index contributed by atoms with van der Waals surface area (Å²) in [5, 5.41) is 0. The molecule has 1 rings (SSSR count).